The first-order chi connectivity index (χ1) is 15.0. The molecule has 1 aliphatic heterocycles. The Bertz CT molecular complexity index is 894. The average Bonchev–Trinajstić information content (AvgIpc) is 2.98. The predicted molar refractivity (Wildman–Crippen MR) is 147 cm³/mol. The molecule has 0 unspecified atom stereocenters. The summed E-state index contributed by atoms with van der Waals surface area (Å²) in [5, 5.41) is 2.62. The fourth-order valence-electron chi connectivity index (χ4n) is 5.30. The summed E-state index contributed by atoms with van der Waals surface area (Å²) in [5.41, 5.74) is 1.31. The quantitative estimate of drug-likeness (QED) is 0.293. The molecule has 32 heavy (non-hydrogen) atoms. The Morgan fingerprint density at radius 1 is 0.844 bits per heavy atom. The molecule has 1 saturated heterocycles. The maximum atomic E-state index is 7.12. The zero-order valence-corrected chi connectivity index (χ0v) is 24.2. The summed E-state index contributed by atoms with van der Waals surface area (Å²) in [4.78, 5) is 0. The zero-order valence-electron chi connectivity index (χ0n) is 21.3. The van der Waals surface area contributed by atoms with Crippen molar-refractivity contribution in [1.82, 2.24) is 9.34 Å². The first-order valence-corrected chi connectivity index (χ1v) is 21.1. The molecule has 4 rings (SSSR count). The summed E-state index contributed by atoms with van der Waals surface area (Å²) in [6.07, 6.45) is 8.09. The largest absolute Gasteiger partial charge is 0.323 e. The molecule has 2 aromatic carbocycles. The summed E-state index contributed by atoms with van der Waals surface area (Å²) < 4.78 is 12.8. The smallest absolute Gasteiger partial charge is 0.188 e. The molecule has 2 aliphatic rings. The molecule has 1 aliphatic carbocycles. The SMILES string of the molecule is C[C@@H](OP1N(C[Si](C)(C)C)[C@@H]2CCCC[C@H]2N1C[Si](C)(C)C)c1ccc2ccccc2c1. The van der Waals surface area contributed by atoms with Crippen molar-refractivity contribution in [1.29, 1.82) is 0 Å². The summed E-state index contributed by atoms with van der Waals surface area (Å²) >= 11 is 0. The van der Waals surface area contributed by atoms with Crippen LogP contribution in [0.3, 0.4) is 0 Å². The minimum atomic E-state index is -1.25. The molecule has 1 heterocycles. The summed E-state index contributed by atoms with van der Waals surface area (Å²) in [6, 6.07) is 16.9. The van der Waals surface area contributed by atoms with Gasteiger partial charge in [0.15, 0.2) is 8.45 Å². The van der Waals surface area contributed by atoms with E-state index in [1.54, 1.807) is 0 Å². The van der Waals surface area contributed by atoms with Crippen LogP contribution in [-0.4, -0.2) is 49.9 Å². The first-order valence-electron chi connectivity index (χ1n) is 12.5. The van der Waals surface area contributed by atoms with Gasteiger partial charge in [-0.05, 0) is 54.5 Å². The lowest BCUT2D eigenvalue weighted by Gasteiger charge is -2.37. The fourth-order valence-corrected chi connectivity index (χ4v) is 13.2. The van der Waals surface area contributed by atoms with Gasteiger partial charge in [0.25, 0.3) is 0 Å². The molecule has 0 bridgehead atoms. The van der Waals surface area contributed by atoms with Gasteiger partial charge in [0.05, 0.1) is 22.3 Å². The van der Waals surface area contributed by atoms with Crippen molar-refractivity contribution in [2.45, 2.75) is 90.1 Å². The highest BCUT2D eigenvalue weighted by Gasteiger charge is 2.51. The molecule has 0 amide bonds. The van der Waals surface area contributed by atoms with Crippen LogP contribution in [0.15, 0.2) is 42.5 Å². The van der Waals surface area contributed by atoms with E-state index >= 15 is 0 Å². The number of benzene rings is 2. The Kier molecular flexibility index (Phi) is 7.37. The van der Waals surface area contributed by atoms with Crippen LogP contribution in [0.2, 0.25) is 39.3 Å². The summed E-state index contributed by atoms with van der Waals surface area (Å²) in [5.74, 6) is 0. The molecule has 0 N–H and O–H groups in total. The lowest BCUT2D eigenvalue weighted by molar-refractivity contribution is 0.220. The maximum Gasteiger partial charge on any atom is 0.188 e. The molecule has 3 atom stereocenters. The van der Waals surface area contributed by atoms with Gasteiger partial charge in [-0.2, -0.15) is 0 Å². The minimum Gasteiger partial charge on any atom is -0.323 e. The number of fused-ring (bicyclic) bond motifs is 2. The molecule has 6 heteroatoms. The highest BCUT2D eigenvalue weighted by molar-refractivity contribution is 7.48. The third-order valence-electron chi connectivity index (χ3n) is 6.67. The van der Waals surface area contributed by atoms with Gasteiger partial charge in [-0.1, -0.05) is 88.5 Å². The monoisotopic (exact) mass is 486 g/mol. The molecular formula is C26H43N2OPSi2. The third-order valence-corrected chi connectivity index (χ3v) is 12.0. The van der Waals surface area contributed by atoms with Crippen LogP contribution in [0.5, 0.6) is 0 Å². The van der Waals surface area contributed by atoms with Crippen molar-refractivity contribution < 1.29 is 4.52 Å². The second kappa shape index (κ2) is 9.60. The molecule has 0 spiro atoms. The second-order valence-electron chi connectivity index (χ2n) is 12.3. The van der Waals surface area contributed by atoms with E-state index in [9.17, 15) is 0 Å². The van der Waals surface area contributed by atoms with Crippen molar-refractivity contribution in [3.8, 4) is 0 Å². The van der Waals surface area contributed by atoms with Crippen LogP contribution < -0.4 is 0 Å². The third kappa shape index (κ3) is 5.74. The van der Waals surface area contributed by atoms with Crippen LogP contribution in [0.25, 0.3) is 10.8 Å². The van der Waals surface area contributed by atoms with Gasteiger partial charge in [0.2, 0.25) is 0 Å². The van der Waals surface area contributed by atoms with Gasteiger partial charge >= 0.3 is 0 Å². The summed E-state index contributed by atoms with van der Waals surface area (Å²) in [6.45, 7) is 17.4. The number of hydrogen-bond acceptors (Lipinski definition) is 3. The van der Waals surface area contributed by atoms with E-state index < -0.39 is 24.6 Å². The number of hydrogen-bond donors (Lipinski definition) is 0. The van der Waals surface area contributed by atoms with Crippen LogP contribution >= 0.6 is 8.45 Å². The molecule has 2 fully saturated rings. The zero-order chi connectivity index (χ0) is 23.1. The van der Waals surface area contributed by atoms with E-state index in [4.69, 9.17) is 4.52 Å². The Morgan fingerprint density at radius 2 is 1.38 bits per heavy atom. The van der Waals surface area contributed by atoms with E-state index in [0.717, 1.165) is 0 Å². The van der Waals surface area contributed by atoms with E-state index in [0.29, 0.717) is 12.1 Å². The molecule has 2 aromatic rings. The maximum absolute atomic E-state index is 7.12. The molecular weight excluding hydrogens is 443 g/mol. The van der Waals surface area contributed by atoms with E-state index in [2.05, 4.69) is 98.0 Å². The average molecular weight is 487 g/mol. The Labute approximate surface area is 199 Å². The van der Waals surface area contributed by atoms with Gasteiger partial charge in [-0.25, -0.2) is 9.34 Å². The van der Waals surface area contributed by atoms with Gasteiger partial charge in [-0.3, -0.25) is 0 Å². The second-order valence-corrected chi connectivity index (χ2v) is 25.0. The molecule has 0 radical (unpaired) electrons. The van der Waals surface area contributed by atoms with Crippen LogP contribution in [0, 0.1) is 0 Å². The number of rotatable bonds is 7. The van der Waals surface area contributed by atoms with Crippen LogP contribution in [0.1, 0.15) is 44.3 Å². The Hall–Kier alpha value is -0.556. The Balaban J connectivity index is 1.65. The molecule has 176 valence electrons. The van der Waals surface area contributed by atoms with Gasteiger partial charge in [-0.15, -0.1) is 0 Å². The van der Waals surface area contributed by atoms with Crippen LogP contribution in [-0.2, 0) is 4.52 Å². The van der Waals surface area contributed by atoms with Crippen molar-refractivity contribution in [3.05, 3.63) is 48.0 Å². The highest BCUT2D eigenvalue weighted by atomic mass is 31.2. The molecule has 0 aromatic heterocycles. The highest BCUT2D eigenvalue weighted by Crippen LogP contribution is 2.60. The summed E-state index contributed by atoms with van der Waals surface area (Å²) in [7, 11) is -3.22. The Morgan fingerprint density at radius 3 is 1.91 bits per heavy atom. The predicted octanol–water partition coefficient (Wildman–Crippen LogP) is 7.83. The van der Waals surface area contributed by atoms with Crippen molar-refractivity contribution in [2.24, 2.45) is 0 Å². The molecule has 3 nitrogen and oxygen atoms in total. The van der Waals surface area contributed by atoms with Crippen molar-refractivity contribution in [2.75, 3.05) is 12.3 Å². The lowest BCUT2D eigenvalue weighted by atomic mass is 9.90. The fraction of sp³-hybridized carbons (Fsp3) is 0.615. The van der Waals surface area contributed by atoms with Crippen LogP contribution in [0.4, 0.5) is 0 Å². The van der Waals surface area contributed by atoms with Gasteiger partial charge < -0.3 is 4.52 Å². The van der Waals surface area contributed by atoms with Crippen molar-refractivity contribution >= 4 is 35.4 Å². The first kappa shape index (κ1) is 24.6. The lowest BCUT2D eigenvalue weighted by Crippen LogP contribution is -2.46. The van der Waals surface area contributed by atoms with E-state index in [1.165, 1.54) is 54.4 Å². The molecule has 1 saturated carbocycles. The van der Waals surface area contributed by atoms with E-state index in [-0.39, 0.29) is 6.10 Å². The standard InChI is InChI=1S/C26H43N2OPSi2/c1-21(23-17-16-22-12-8-9-13-24(22)18-23)29-30-27(19-31(2,3)4)25-14-10-11-15-26(25)28(30)20-32(5,6)7/h8-9,12-13,16-18,21,25-26H,10-11,14-15,19-20H2,1-7H3/t21-,25-,26-/m1/s1. The van der Waals surface area contributed by atoms with Gasteiger partial charge in [0, 0.05) is 12.1 Å². The van der Waals surface area contributed by atoms with Crippen molar-refractivity contribution in [3.63, 3.8) is 0 Å². The minimum absolute atomic E-state index is 0.110. The van der Waals surface area contributed by atoms with E-state index in [1.807, 2.05) is 0 Å². The topological polar surface area (TPSA) is 15.7 Å². The number of nitrogens with zero attached hydrogens (tertiary/aromatic N) is 2. The van der Waals surface area contributed by atoms with Gasteiger partial charge in [0.1, 0.15) is 0 Å². The normalized spacial score (nSPS) is 24.7.